The monoisotopic (exact) mass is 335 g/mol. The molecule has 1 amide bonds. The highest BCUT2D eigenvalue weighted by Crippen LogP contribution is 2.23. The Morgan fingerprint density at radius 2 is 2.40 bits per heavy atom. The van der Waals surface area contributed by atoms with Crippen molar-refractivity contribution in [2.24, 2.45) is 0 Å². The second-order valence-corrected chi connectivity index (χ2v) is 5.61. The fourth-order valence-electron chi connectivity index (χ4n) is 1.73. The molecule has 1 saturated heterocycles. The van der Waals surface area contributed by atoms with Gasteiger partial charge in [0.25, 0.3) is 5.91 Å². The minimum absolute atomic E-state index is 0.0415. The van der Waals surface area contributed by atoms with Crippen molar-refractivity contribution < 1.29 is 9.21 Å². The van der Waals surface area contributed by atoms with Crippen molar-refractivity contribution in [3.63, 3.8) is 0 Å². The third-order valence-corrected chi connectivity index (χ3v) is 3.86. The summed E-state index contributed by atoms with van der Waals surface area (Å²) in [4.78, 5) is 14.3. The van der Waals surface area contributed by atoms with Gasteiger partial charge in [0.2, 0.25) is 0 Å². The van der Waals surface area contributed by atoms with Crippen LogP contribution in [0.2, 0.25) is 0 Å². The summed E-state index contributed by atoms with van der Waals surface area (Å²) < 4.78 is 5.58. The van der Waals surface area contributed by atoms with E-state index in [-0.39, 0.29) is 5.91 Å². The van der Waals surface area contributed by atoms with Crippen molar-refractivity contribution in [1.82, 2.24) is 4.90 Å². The number of halogens is 2. The molecule has 5 heteroatoms. The fraction of sp³-hybridized carbons (Fsp3) is 0.500. The SMILES string of the molecule is O=C(c1ccoc1Br)N1CCCC(Br)C1. The fourth-order valence-corrected chi connectivity index (χ4v) is 2.81. The molecule has 3 nitrogen and oxygen atoms in total. The molecule has 1 aromatic heterocycles. The minimum Gasteiger partial charge on any atom is -0.457 e. The van der Waals surface area contributed by atoms with Gasteiger partial charge in [-0.05, 0) is 34.8 Å². The predicted molar refractivity (Wildman–Crippen MR) is 64.3 cm³/mol. The number of amides is 1. The molecule has 1 atom stereocenters. The van der Waals surface area contributed by atoms with Crippen LogP contribution in [0.1, 0.15) is 23.2 Å². The average molecular weight is 337 g/mol. The zero-order valence-electron chi connectivity index (χ0n) is 8.08. The van der Waals surface area contributed by atoms with Crippen LogP contribution in [-0.2, 0) is 0 Å². The summed E-state index contributed by atoms with van der Waals surface area (Å²) in [5, 5.41) is 0. The molecule has 0 spiro atoms. The summed E-state index contributed by atoms with van der Waals surface area (Å²) in [5.41, 5.74) is 0.608. The Morgan fingerprint density at radius 1 is 1.60 bits per heavy atom. The van der Waals surface area contributed by atoms with E-state index in [1.165, 1.54) is 6.26 Å². The van der Waals surface area contributed by atoms with Crippen LogP contribution < -0.4 is 0 Å². The molecular weight excluding hydrogens is 326 g/mol. The van der Waals surface area contributed by atoms with E-state index in [0.717, 1.165) is 25.9 Å². The van der Waals surface area contributed by atoms with E-state index in [1.807, 2.05) is 4.90 Å². The highest BCUT2D eigenvalue weighted by Gasteiger charge is 2.25. The first kappa shape index (κ1) is 11.2. The number of hydrogen-bond acceptors (Lipinski definition) is 2. The lowest BCUT2D eigenvalue weighted by molar-refractivity contribution is 0.0728. The zero-order valence-corrected chi connectivity index (χ0v) is 11.3. The molecule has 0 aliphatic carbocycles. The Kier molecular flexibility index (Phi) is 3.51. The molecule has 0 aromatic carbocycles. The van der Waals surface area contributed by atoms with E-state index in [0.29, 0.717) is 15.1 Å². The number of nitrogens with zero attached hydrogens (tertiary/aromatic N) is 1. The molecule has 15 heavy (non-hydrogen) atoms. The molecule has 1 unspecified atom stereocenters. The topological polar surface area (TPSA) is 33.5 Å². The molecule has 0 bridgehead atoms. The van der Waals surface area contributed by atoms with E-state index in [2.05, 4.69) is 31.9 Å². The van der Waals surface area contributed by atoms with Gasteiger partial charge in [-0.2, -0.15) is 0 Å². The number of carbonyl (C=O) groups excluding carboxylic acids is 1. The Balaban J connectivity index is 2.11. The van der Waals surface area contributed by atoms with Crippen molar-refractivity contribution in [1.29, 1.82) is 0 Å². The maximum atomic E-state index is 12.0. The van der Waals surface area contributed by atoms with Crippen LogP contribution in [0.5, 0.6) is 0 Å². The van der Waals surface area contributed by atoms with Gasteiger partial charge in [0.1, 0.15) is 0 Å². The molecule has 1 fully saturated rings. The van der Waals surface area contributed by atoms with Gasteiger partial charge in [-0.15, -0.1) is 0 Å². The lowest BCUT2D eigenvalue weighted by Gasteiger charge is -2.29. The van der Waals surface area contributed by atoms with Gasteiger partial charge in [0, 0.05) is 17.9 Å². The standard InChI is InChI=1S/C10H11Br2NO2/c11-7-2-1-4-13(6-7)10(14)8-3-5-15-9(8)12/h3,5,7H,1-2,4,6H2. The number of alkyl halides is 1. The van der Waals surface area contributed by atoms with Crippen molar-refractivity contribution in [2.45, 2.75) is 17.7 Å². The molecule has 0 N–H and O–H groups in total. The predicted octanol–water partition coefficient (Wildman–Crippen LogP) is 3.04. The summed E-state index contributed by atoms with van der Waals surface area (Å²) in [6.07, 6.45) is 3.71. The molecular formula is C10H11Br2NO2. The van der Waals surface area contributed by atoms with E-state index in [9.17, 15) is 4.79 Å². The number of likely N-dealkylation sites (tertiary alicyclic amines) is 1. The van der Waals surface area contributed by atoms with Crippen molar-refractivity contribution in [3.8, 4) is 0 Å². The van der Waals surface area contributed by atoms with Crippen molar-refractivity contribution in [2.75, 3.05) is 13.1 Å². The number of carbonyl (C=O) groups is 1. The van der Waals surface area contributed by atoms with Crippen LogP contribution in [0.4, 0.5) is 0 Å². The number of furan rings is 1. The first-order valence-corrected chi connectivity index (χ1v) is 6.55. The van der Waals surface area contributed by atoms with E-state index in [1.54, 1.807) is 6.07 Å². The van der Waals surface area contributed by atoms with Gasteiger partial charge in [0.05, 0.1) is 11.8 Å². The minimum atomic E-state index is 0.0415. The normalized spacial score (nSPS) is 21.7. The first-order valence-electron chi connectivity index (χ1n) is 4.85. The Labute approximate surface area is 105 Å². The zero-order chi connectivity index (χ0) is 10.8. The van der Waals surface area contributed by atoms with Crippen LogP contribution in [0.3, 0.4) is 0 Å². The molecule has 1 aliphatic heterocycles. The molecule has 1 aromatic rings. The Bertz CT molecular complexity index is 364. The maximum absolute atomic E-state index is 12.0. The van der Waals surface area contributed by atoms with Gasteiger partial charge in [-0.1, -0.05) is 15.9 Å². The average Bonchev–Trinajstić information content (AvgIpc) is 2.63. The third kappa shape index (κ3) is 2.45. The van der Waals surface area contributed by atoms with Crippen molar-refractivity contribution in [3.05, 3.63) is 22.6 Å². The number of piperidine rings is 1. The molecule has 82 valence electrons. The van der Waals surface area contributed by atoms with Crippen molar-refractivity contribution >= 4 is 37.8 Å². The van der Waals surface area contributed by atoms with Gasteiger partial charge in [0.15, 0.2) is 4.67 Å². The second-order valence-electron chi connectivity index (χ2n) is 3.60. The Hall–Kier alpha value is -0.290. The largest absolute Gasteiger partial charge is 0.457 e. The van der Waals surface area contributed by atoms with Gasteiger partial charge in [-0.3, -0.25) is 4.79 Å². The first-order chi connectivity index (χ1) is 7.18. The quantitative estimate of drug-likeness (QED) is 0.738. The highest BCUT2D eigenvalue weighted by atomic mass is 79.9. The lowest BCUT2D eigenvalue weighted by atomic mass is 10.1. The van der Waals surface area contributed by atoms with Crippen LogP contribution in [-0.4, -0.2) is 28.7 Å². The van der Waals surface area contributed by atoms with Crippen LogP contribution in [0.15, 0.2) is 21.4 Å². The van der Waals surface area contributed by atoms with Crippen LogP contribution in [0, 0.1) is 0 Å². The summed E-state index contributed by atoms with van der Waals surface area (Å²) >= 11 is 6.77. The summed E-state index contributed by atoms with van der Waals surface area (Å²) in [6, 6.07) is 1.70. The number of hydrogen-bond donors (Lipinski definition) is 0. The second kappa shape index (κ2) is 4.70. The van der Waals surface area contributed by atoms with Gasteiger partial charge < -0.3 is 9.32 Å². The maximum Gasteiger partial charge on any atom is 0.258 e. The van der Waals surface area contributed by atoms with E-state index < -0.39 is 0 Å². The molecule has 1 aliphatic rings. The molecule has 0 saturated carbocycles. The summed E-state index contributed by atoms with van der Waals surface area (Å²) in [7, 11) is 0. The smallest absolute Gasteiger partial charge is 0.258 e. The van der Waals surface area contributed by atoms with E-state index in [4.69, 9.17) is 4.42 Å². The lowest BCUT2D eigenvalue weighted by Crippen LogP contribution is -2.40. The summed E-state index contributed by atoms with van der Waals surface area (Å²) in [6.45, 7) is 1.61. The van der Waals surface area contributed by atoms with Gasteiger partial charge >= 0.3 is 0 Å². The molecule has 0 radical (unpaired) electrons. The summed E-state index contributed by atoms with van der Waals surface area (Å²) in [5.74, 6) is 0.0415. The van der Waals surface area contributed by atoms with Crippen LogP contribution >= 0.6 is 31.9 Å². The Morgan fingerprint density at radius 3 is 3.00 bits per heavy atom. The highest BCUT2D eigenvalue weighted by molar-refractivity contribution is 9.10. The van der Waals surface area contributed by atoms with E-state index >= 15 is 0 Å². The van der Waals surface area contributed by atoms with Crippen LogP contribution in [0.25, 0.3) is 0 Å². The number of rotatable bonds is 1. The molecule has 2 rings (SSSR count). The third-order valence-electron chi connectivity index (χ3n) is 2.50. The van der Waals surface area contributed by atoms with Gasteiger partial charge in [-0.25, -0.2) is 0 Å². The molecule has 2 heterocycles.